The fourth-order valence-electron chi connectivity index (χ4n) is 8.24. The van der Waals surface area contributed by atoms with E-state index in [2.05, 4.69) is 0 Å². The van der Waals surface area contributed by atoms with Gasteiger partial charge in [-0.25, -0.2) is 0 Å². The van der Waals surface area contributed by atoms with Crippen molar-refractivity contribution in [1.82, 2.24) is 4.90 Å². The van der Waals surface area contributed by atoms with E-state index in [1.54, 1.807) is 50.6 Å². The number of nitrogens with zero attached hydrogens (tertiary/aromatic N) is 2. The number of amides is 4. The Bertz CT molecular complexity index is 2000. The lowest BCUT2D eigenvalue weighted by atomic mass is 9.56. The molecular formula is C39H36Cl2N2O8. The molecule has 4 aliphatic rings. The van der Waals surface area contributed by atoms with Gasteiger partial charge in [0.2, 0.25) is 11.8 Å². The number of para-hydroxylation sites is 1. The molecule has 3 aromatic rings. The van der Waals surface area contributed by atoms with Gasteiger partial charge in [0.25, 0.3) is 11.8 Å². The van der Waals surface area contributed by atoms with Gasteiger partial charge < -0.3 is 19.3 Å². The van der Waals surface area contributed by atoms with Crippen molar-refractivity contribution in [3.8, 4) is 17.2 Å². The highest BCUT2D eigenvalue weighted by Crippen LogP contribution is 2.66. The lowest BCUT2D eigenvalue weighted by molar-refractivity contribution is -0.138. The SMILES string of the molecule is COc1ccc(OC)c(C=Cc2ccc(N3C(=O)C4CC=C5C(CC6(Cl)C(=O)N(C)C(=O)C6(Cl)C5c5ccccc5OCCO)C4C3=O)cc2)c1. The lowest BCUT2D eigenvalue weighted by Crippen LogP contribution is -2.60. The third-order valence-corrected chi connectivity index (χ3v) is 12.0. The zero-order chi connectivity index (χ0) is 36.2. The molecule has 2 saturated heterocycles. The minimum atomic E-state index is -1.93. The predicted molar refractivity (Wildman–Crippen MR) is 192 cm³/mol. The van der Waals surface area contributed by atoms with E-state index >= 15 is 0 Å². The summed E-state index contributed by atoms with van der Waals surface area (Å²) in [7, 11) is 4.54. The molecule has 1 saturated carbocycles. The summed E-state index contributed by atoms with van der Waals surface area (Å²) in [6.07, 6.45) is 5.79. The first-order chi connectivity index (χ1) is 24.5. The van der Waals surface area contributed by atoms with Crippen LogP contribution in [0.15, 0.2) is 78.4 Å². The van der Waals surface area contributed by atoms with E-state index in [0.717, 1.165) is 16.0 Å². The second kappa shape index (κ2) is 13.2. The molecule has 7 rings (SSSR count). The largest absolute Gasteiger partial charge is 0.497 e. The molecule has 2 aliphatic carbocycles. The molecule has 51 heavy (non-hydrogen) atoms. The van der Waals surface area contributed by atoms with Crippen LogP contribution >= 0.6 is 23.2 Å². The van der Waals surface area contributed by atoms with E-state index < -0.39 is 51.1 Å². The van der Waals surface area contributed by atoms with Gasteiger partial charge in [-0.2, -0.15) is 0 Å². The third kappa shape index (κ3) is 5.26. The summed E-state index contributed by atoms with van der Waals surface area (Å²) in [5, 5.41) is 9.50. The van der Waals surface area contributed by atoms with Gasteiger partial charge in [0.15, 0.2) is 9.75 Å². The smallest absolute Gasteiger partial charge is 0.253 e. The Morgan fingerprint density at radius 1 is 0.882 bits per heavy atom. The van der Waals surface area contributed by atoms with Gasteiger partial charge in [0, 0.05) is 24.1 Å². The van der Waals surface area contributed by atoms with Crippen LogP contribution in [0.1, 0.15) is 35.4 Å². The van der Waals surface area contributed by atoms with Crippen molar-refractivity contribution in [2.24, 2.45) is 17.8 Å². The Balaban J connectivity index is 1.23. The van der Waals surface area contributed by atoms with E-state index in [4.69, 9.17) is 37.4 Å². The van der Waals surface area contributed by atoms with Gasteiger partial charge in [-0.05, 0) is 60.7 Å². The van der Waals surface area contributed by atoms with E-state index in [1.165, 1.54) is 11.9 Å². The van der Waals surface area contributed by atoms with Crippen molar-refractivity contribution >= 4 is 64.7 Å². The molecule has 6 unspecified atom stereocenters. The number of aliphatic hydroxyl groups excluding tert-OH is 1. The van der Waals surface area contributed by atoms with Crippen molar-refractivity contribution in [1.29, 1.82) is 0 Å². The molecule has 6 atom stereocenters. The second-order valence-corrected chi connectivity index (χ2v) is 14.4. The summed E-state index contributed by atoms with van der Waals surface area (Å²) >= 11 is 14.6. The highest BCUT2D eigenvalue weighted by Gasteiger charge is 2.76. The molecule has 0 aromatic heterocycles. The van der Waals surface area contributed by atoms with E-state index in [9.17, 15) is 24.3 Å². The van der Waals surface area contributed by atoms with Gasteiger partial charge in [0.05, 0.1) is 38.3 Å². The van der Waals surface area contributed by atoms with Crippen LogP contribution in [-0.4, -0.2) is 77.9 Å². The number of fused-ring (bicyclic) bond motifs is 4. The maximum absolute atomic E-state index is 14.4. The van der Waals surface area contributed by atoms with Crippen LogP contribution in [0.4, 0.5) is 5.69 Å². The molecule has 2 heterocycles. The quantitative estimate of drug-likeness (QED) is 0.134. The number of carbonyl (C=O) groups is 4. The van der Waals surface area contributed by atoms with E-state index in [0.29, 0.717) is 34.1 Å². The number of halogens is 2. The van der Waals surface area contributed by atoms with E-state index in [1.807, 2.05) is 48.6 Å². The maximum atomic E-state index is 14.4. The number of anilines is 1. The molecule has 0 radical (unpaired) electrons. The molecule has 3 fully saturated rings. The average molecular weight is 732 g/mol. The Kier molecular flexibility index (Phi) is 8.98. The maximum Gasteiger partial charge on any atom is 0.253 e. The number of hydrogen-bond acceptors (Lipinski definition) is 8. The number of methoxy groups -OCH3 is 2. The van der Waals surface area contributed by atoms with Crippen molar-refractivity contribution in [2.75, 3.05) is 39.4 Å². The van der Waals surface area contributed by atoms with Crippen molar-refractivity contribution in [2.45, 2.75) is 28.5 Å². The number of benzene rings is 3. The monoisotopic (exact) mass is 730 g/mol. The Hall–Kier alpha value is -4.64. The lowest BCUT2D eigenvalue weighted by Gasteiger charge is -2.51. The van der Waals surface area contributed by atoms with Gasteiger partial charge in [-0.3, -0.25) is 29.0 Å². The third-order valence-electron chi connectivity index (χ3n) is 10.6. The van der Waals surface area contributed by atoms with Crippen LogP contribution < -0.4 is 19.1 Å². The number of likely N-dealkylation sites (tertiary alicyclic amines) is 1. The Morgan fingerprint density at radius 3 is 2.33 bits per heavy atom. The summed E-state index contributed by atoms with van der Waals surface area (Å²) in [6.45, 7) is -0.267. The molecule has 0 bridgehead atoms. The second-order valence-electron chi connectivity index (χ2n) is 13.2. The zero-order valence-corrected chi connectivity index (χ0v) is 29.7. The Labute approximate surface area is 305 Å². The van der Waals surface area contributed by atoms with Crippen molar-refractivity contribution in [3.63, 3.8) is 0 Å². The van der Waals surface area contributed by atoms with Crippen LogP contribution in [0.25, 0.3) is 12.2 Å². The van der Waals surface area contributed by atoms with Crippen LogP contribution in [0, 0.1) is 17.8 Å². The normalized spacial score (nSPS) is 28.5. The minimum absolute atomic E-state index is 0.0171. The summed E-state index contributed by atoms with van der Waals surface area (Å²) in [4.78, 5) is 54.4. The fourth-order valence-corrected chi connectivity index (χ4v) is 9.25. The molecule has 2 aliphatic heterocycles. The molecule has 1 N–H and O–H groups in total. The standard InChI is InChI=1S/C39H36Cl2N2O8/c1-42-36(47)38(40)21-29-26(33(39(38,41)37(42)48)27-6-4-5-7-31(27)51-19-18-44)15-16-28-32(29)35(46)43(34(28)45)24-12-9-22(10-13-24)8-11-23-20-25(49-2)14-17-30(23)50-3/h4-15,17,20,28-29,32-33,44H,16,18-19,21H2,1-3H3. The van der Waals surface area contributed by atoms with Gasteiger partial charge in [-0.15, -0.1) is 23.2 Å². The van der Waals surface area contributed by atoms with Gasteiger partial charge in [0.1, 0.15) is 23.9 Å². The van der Waals surface area contributed by atoms with Crippen LogP contribution in [0.2, 0.25) is 0 Å². The highest BCUT2D eigenvalue weighted by atomic mass is 35.5. The van der Waals surface area contributed by atoms with Crippen molar-refractivity contribution < 1.29 is 38.5 Å². The first-order valence-electron chi connectivity index (χ1n) is 16.6. The summed E-state index contributed by atoms with van der Waals surface area (Å²) in [5.41, 5.74) is 3.23. The number of allylic oxidation sites excluding steroid dienone is 2. The fraction of sp³-hybridized carbons (Fsp3) is 0.333. The van der Waals surface area contributed by atoms with Gasteiger partial charge in [-0.1, -0.05) is 54.1 Å². The predicted octanol–water partition coefficient (Wildman–Crippen LogP) is 5.44. The number of hydrogen-bond donors (Lipinski definition) is 1. The van der Waals surface area contributed by atoms with E-state index in [-0.39, 0.29) is 32.0 Å². The minimum Gasteiger partial charge on any atom is -0.497 e. The summed E-state index contributed by atoms with van der Waals surface area (Å²) in [5.74, 6) is -3.49. The van der Waals surface area contributed by atoms with Crippen LogP contribution in [-0.2, 0) is 19.2 Å². The zero-order valence-electron chi connectivity index (χ0n) is 28.2. The Morgan fingerprint density at radius 2 is 1.63 bits per heavy atom. The first kappa shape index (κ1) is 34.8. The molecule has 264 valence electrons. The number of rotatable bonds is 9. The summed E-state index contributed by atoms with van der Waals surface area (Å²) < 4.78 is 16.7. The van der Waals surface area contributed by atoms with Gasteiger partial charge >= 0.3 is 0 Å². The molecule has 3 aromatic carbocycles. The number of aliphatic hydroxyl groups is 1. The number of imide groups is 2. The molecule has 10 nitrogen and oxygen atoms in total. The topological polar surface area (TPSA) is 123 Å². The number of carbonyl (C=O) groups excluding carboxylic acids is 4. The van der Waals surface area contributed by atoms with Crippen molar-refractivity contribution in [3.05, 3.63) is 95.1 Å². The molecule has 12 heteroatoms. The average Bonchev–Trinajstić information content (AvgIpc) is 3.47. The summed E-state index contributed by atoms with van der Waals surface area (Å²) in [6, 6.07) is 19.5. The number of ether oxygens (including phenoxy) is 3. The molecule has 4 amide bonds. The van der Waals surface area contributed by atoms with Crippen LogP contribution in [0.3, 0.4) is 0 Å². The number of alkyl halides is 2. The molecule has 0 spiro atoms. The highest BCUT2D eigenvalue weighted by molar-refractivity contribution is 6.53. The first-order valence-corrected chi connectivity index (χ1v) is 17.4. The molecular weight excluding hydrogens is 695 g/mol. The van der Waals surface area contributed by atoms with Crippen LogP contribution in [0.5, 0.6) is 17.2 Å².